The third kappa shape index (κ3) is 3.71. The molecule has 1 aliphatic rings. The Morgan fingerprint density at radius 3 is 2.61 bits per heavy atom. The van der Waals surface area contributed by atoms with Crippen LogP contribution >= 0.6 is 0 Å². The van der Waals surface area contributed by atoms with Crippen molar-refractivity contribution in [2.24, 2.45) is 11.7 Å². The lowest BCUT2D eigenvalue weighted by Gasteiger charge is -2.20. The standard InChI is InChI=1S/C23H26N4O/c1-16(21(24)17-7-3-2-4-8-17)23(28)26-19-12-10-18(11-13-19)22-25-15-20-9-5-6-14-27(20)22/h2-4,7-8,10-13,15-16,21H,5-6,9,14,24H2,1H3,(H,26,28). The lowest BCUT2D eigenvalue weighted by molar-refractivity contribution is -0.120. The van der Waals surface area contributed by atoms with Crippen LogP contribution in [0.5, 0.6) is 0 Å². The van der Waals surface area contributed by atoms with Crippen LogP contribution in [0.2, 0.25) is 0 Å². The van der Waals surface area contributed by atoms with Crippen molar-refractivity contribution in [3.63, 3.8) is 0 Å². The molecule has 0 spiro atoms. The Morgan fingerprint density at radius 2 is 1.86 bits per heavy atom. The maximum Gasteiger partial charge on any atom is 0.229 e. The summed E-state index contributed by atoms with van der Waals surface area (Å²) in [7, 11) is 0. The minimum atomic E-state index is -0.336. The van der Waals surface area contributed by atoms with Gasteiger partial charge in [-0.25, -0.2) is 4.98 Å². The summed E-state index contributed by atoms with van der Waals surface area (Å²) in [6.07, 6.45) is 5.51. The van der Waals surface area contributed by atoms with E-state index in [1.165, 1.54) is 18.5 Å². The lowest BCUT2D eigenvalue weighted by Crippen LogP contribution is -2.30. The minimum Gasteiger partial charge on any atom is -0.328 e. The third-order valence-corrected chi connectivity index (χ3v) is 5.55. The Bertz CT molecular complexity index is 946. The van der Waals surface area contributed by atoms with E-state index in [1.807, 2.05) is 67.7 Å². The number of carbonyl (C=O) groups excluding carboxylic acids is 1. The highest BCUT2D eigenvalue weighted by atomic mass is 16.1. The number of amides is 1. The fourth-order valence-corrected chi connectivity index (χ4v) is 3.75. The molecule has 0 saturated heterocycles. The zero-order valence-electron chi connectivity index (χ0n) is 16.1. The van der Waals surface area contributed by atoms with Crippen LogP contribution in [0, 0.1) is 5.92 Å². The van der Waals surface area contributed by atoms with Crippen LogP contribution in [0.25, 0.3) is 11.4 Å². The molecule has 0 saturated carbocycles. The molecule has 5 heteroatoms. The second-order valence-electron chi connectivity index (χ2n) is 7.47. The number of nitrogens with zero attached hydrogens (tertiary/aromatic N) is 2. The second kappa shape index (κ2) is 7.98. The van der Waals surface area contributed by atoms with Gasteiger partial charge < -0.3 is 15.6 Å². The molecule has 0 bridgehead atoms. The van der Waals surface area contributed by atoms with Gasteiger partial charge in [0, 0.05) is 35.7 Å². The van der Waals surface area contributed by atoms with E-state index in [-0.39, 0.29) is 17.9 Å². The Morgan fingerprint density at radius 1 is 1.11 bits per heavy atom. The topological polar surface area (TPSA) is 72.9 Å². The number of fused-ring (bicyclic) bond motifs is 1. The molecule has 2 atom stereocenters. The molecule has 0 radical (unpaired) electrons. The summed E-state index contributed by atoms with van der Waals surface area (Å²) < 4.78 is 2.30. The molecule has 2 heterocycles. The summed E-state index contributed by atoms with van der Waals surface area (Å²) in [6, 6.07) is 17.3. The van der Waals surface area contributed by atoms with Crippen molar-refractivity contribution < 1.29 is 4.79 Å². The average Bonchev–Trinajstić information content (AvgIpc) is 3.18. The number of carbonyl (C=O) groups is 1. The highest BCUT2D eigenvalue weighted by molar-refractivity contribution is 5.93. The maximum absolute atomic E-state index is 12.6. The van der Waals surface area contributed by atoms with Gasteiger partial charge in [0.1, 0.15) is 5.82 Å². The number of rotatable bonds is 5. The quantitative estimate of drug-likeness (QED) is 0.704. The SMILES string of the molecule is CC(C(=O)Nc1ccc(-c2ncc3n2CCCC3)cc1)C(N)c1ccccc1. The normalized spacial score (nSPS) is 15.5. The number of hydrogen-bond acceptors (Lipinski definition) is 3. The van der Waals surface area contributed by atoms with E-state index in [9.17, 15) is 4.79 Å². The van der Waals surface area contributed by atoms with Gasteiger partial charge in [0.25, 0.3) is 0 Å². The van der Waals surface area contributed by atoms with Gasteiger partial charge in [-0.3, -0.25) is 4.79 Å². The molecule has 1 aliphatic heterocycles. The minimum absolute atomic E-state index is 0.0812. The molecular formula is C23H26N4O. The van der Waals surface area contributed by atoms with Gasteiger partial charge in [-0.2, -0.15) is 0 Å². The molecule has 0 fully saturated rings. The molecule has 0 aliphatic carbocycles. The fourth-order valence-electron chi connectivity index (χ4n) is 3.75. The molecule has 1 aromatic heterocycles. The number of nitrogens with one attached hydrogen (secondary N) is 1. The number of aryl methyl sites for hydroxylation is 1. The highest BCUT2D eigenvalue weighted by Gasteiger charge is 2.22. The van der Waals surface area contributed by atoms with E-state index in [2.05, 4.69) is 14.9 Å². The molecule has 28 heavy (non-hydrogen) atoms. The van der Waals surface area contributed by atoms with Gasteiger partial charge in [0.15, 0.2) is 0 Å². The van der Waals surface area contributed by atoms with Gasteiger partial charge >= 0.3 is 0 Å². The Balaban J connectivity index is 1.44. The van der Waals surface area contributed by atoms with Gasteiger partial charge in [-0.1, -0.05) is 37.3 Å². The number of aromatic nitrogens is 2. The predicted octanol–water partition coefficient (Wildman–Crippen LogP) is 4.16. The van der Waals surface area contributed by atoms with E-state index in [0.717, 1.165) is 35.6 Å². The van der Waals surface area contributed by atoms with Gasteiger partial charge in [0.2, 0.25) is 5.91 Å². The van der Waals surface area contributed by atoms with Crippen LogP contribution in [0.4, 0.5) is 5.69 Å². The molecule has 4 rings (SSSR count). The van der Waals surface area contributed by atoms with Crippen LogP contribution in [-0.2, 0) is 17.8 Å². The maximum atomic E-state index is 12.6. The Kier molecular flexibility index (Phi) is 5.26. The predicted molar refractivity (Wildman–Crippen MR) is 112 cm³/mol. The van der Waals surface area contributed by atoms with Crippen LogP contribution in [0.3, 0.4) is 0 Å². The van der Waals surface area contributed by atoms with E-state index in [4.69, 9.17) is 5.73 Å². The lowest BCUT2D eigenvalue weighted by atomic mass is 9.94. The molecule has 2 aromatic carbocycles. The number of hydrogen-bond donors (Lipinski definition) is 2. The van der Waals surface area contributed by atoms with E-state index < -0.39 is 0 Å². The van der Waals surface area contributed by atoms with Crippen LogP contribution in [-0.4, -0.2) is 15.5 Å². The first-order chi connectivity index (χ1) is 13.6. The number of benzene rings is 2. The van der Waals surface area contributed by atoms with E-state index >= 15 is 0 Å². The largest absolute Gasteiger partial charge is 0.328 e. The summed E-state index contributed by atoms with van der Waals surface area (Å²) >= 11 is 0. The second-order valence-corrected chi connectivity index (χ2v) is 7.47. The van der Waals surface area contributed by atoms with Crippen molar-refractivity contribution in [2.45, 2.75) is 38.8 Å². The van der Waals surface area contributed by atoms with Crippen LogP contribution in [0.15, 0.2) is 60.8 Å². The monoisotopic (exact) mass is 374 g/mol. The summed E-state index contributed by atoms with van der Waals surface area (Å²) in [5.41, 5.74) is 10.4. The zero-order valence-corrected chi connectivity index (χ0v) is 16.1. The summed E-state index contributed by atoms with van der Waals surface area (Å²) in [5.74, 6) is 0.593. The summed E-state index contributed by atoms with van der Waals surface area (Å²) in [4.78, 5) is 17.2. The first-order valence-electron chi connectivity index (χ1n) is 9.90. The van der Waals surface area contributed by atoms with Crippen molar-refractivity contribution in [1.29, 1.82) is 0 Å². The van der Waals surface area contributed by atoms with Gasteiger partial charge in [-0.05, 0) is 49.1 Å². The van der Waals surface area contributed by atoms with Crippen molar-refractivity contribution in [2.75, 3.05) is 5.32 Å². The fraction of sp³-hybridized carbons (Fsp3) is 0.304. The molecule has 144 valence electrons. The zero-order chi connectivity index (χ0) is 19.5. The molecular weight excluding hydrogens is 348 g/mol. The first-order valence-corrected chi connectivity index (χ1v) is 9.90. The third-order valence-electron chi connectivity index (χ3n) is 5.55. The van der Waals surface area contributed by atoms with Crippen molar-refractivity contribution in [3.8, 4) is 11.4 Å². The smallest absolute Gasteiger partial charge is 0.229 e. The highest BCUT2D eigenvalue weighted by Crippen LogP contribution is 2.26. The molecule has 5 nitrogen and oxygen atoms in total. The van der Waals surface area contributed by atoms with Crippen LogP contribution in [0.1, 0.15) is 37.1 Å². The first kappa shape index (κ1) is 18.4. The molecule has 1 amide bonds. The van der Waals surface area contributed by atoms with Crippen molar-refractivity contribution in [3.05, 3.63) is 72.1 Å². The van der Waals surface area contributed by atoms with Crippen LogP contribution < -0.4 is 11.1 Å². The van der Waals surface area contributed by atoms with Crippen molar-refractivity contribution >= 4 is 11.6 Å². The number of anilines is 1. The van der Waals surface area contributed by atoms with E-state index in [0.29, 0.717) is 0 Å². The molecule has 3 aromatic rings. The average molecular weight is 374 g/mol. The van der Waals surface area contributed by atoms with Gasteiger partial charge in [0.05, 0.1) is 5.92 Å². The molecule has 2 unspecified atom stereocenters. The van der Waals surface area contributed by atoms with E-state index in [1.54, 1.807) is 0 Å². The Hall–Kier alpha value is -2.92. The number of nitrogens with two attached hydrogens (primary N) is 1. The van der Waals surface area contributed by atoms with Gasteiger partial charge in [-0.15, -0.1) is 0 Å². The summed E-state index contributed by atoms with van der Waals surface area (Å²) in [6.45, 7) is 2.89. The Labute approximate surface area is 165 Å². The van der Waals surface area contributed by atoms with Crippen molar-refractivity contribution in [1.82, 2.24) is 9.55 Å². The molecule has 3 N–H and O–H groups in total. The summed E-state index contributed by atoms with van der Waals surface area (Å²) in [5, 5.41) is 2.98. The number of imidazole rings is 1.